The first-order valence-electron chi connectivity index (χ1n) is 7.41. The molecule has 0 aromatic carbocycles. The average molecular weight is 263 g/mol. The van der Waals surface area contributed by atoms with E-state index in [0.29, 0.717) is 6.04 Å². The third kappa shape index (κ3) is 2.57. The normalized spacial score (nSPS) is 24.4. The predicted octanol–water partition coefficient (Wildman–Crippen LogP) is 1.55. The smallest absolute Gasteiger partial charge is 0.105 e. The zero-order valence-corrected chi connectivity index (χ0v) is 12.3. The van der Waals surface area contributed by atoms with Crippen LogP contribution in [0.25, 0.3) is 0 Å². The van der Waals surface area contributed by atoms with Gasteiger partial charge in [0.25, 0.3) is 0 Å². The molecule has 0 bridgehead atoms. The molecule has 4 heteroatoms. The Labute approximate surface area is 115 Å². The van der Waals surface area contributed by atoms with E-state index in [0.717, 1.165) is 17.6 Å². The Morgan fingerprint density at radius 1 is 1.21 bits per heavy atom. The van der Waals surface area contributed by atoms with Gasteiger partial charge in [0.1, 0.15) is 11.5 Å². The maximum absolute atomic E-state index is 5.67. The first-order chi connectivity index (χ1) is 9.15. The fourth-order valence-electron chi connectivity index (χ4n) is 3.28. The highest BCUT2D eigenvalue weighted by Gasteiger charge is 2.30. The number of hydrogen-bond donors (Lipinski definition) is 1. The van der Waals surface area contributed by atoms with Crippen LogP contribution in [0, 0.1) is 13.8 Å². The molecule has 1 unspecified atom stereocenters. The quantitative estimate of drug-likeness (QED) is 0.896. The molecule has 2 aliphatic heterocycles. The summed E-state index contributed by atoms with van der Waals surface area (Å²) in [4.78, 5) is 5.22. The summed E-state index contributed by atoms with van der Waals surface area (Å²) in [6.07, 6.45) is 0. The van der Waals surface area contributed by atoms with Crippen molar-refractivity contribution in [2.24, 2.45) is 0 Å². The largest absolute Gasteiger partial charge is 0.466 e. The maximum Gasteiger partial charge on any atom is 0.105 e. The van der Waals surface area contributed by atoms with Crippen molar-refractivity contribution < 1.29 is 4.42 Å². The van der Waals surface area contributed by atoms with Gasteiger partial charge in [0, 0.05) is 56.9 Å². The molecule has 1 aromatic rings. The molecule has 0 radical (unpaired) electrons. The number of rotatable bonds is 3. The van der Waals surface area contributed by atoms with Crippen LogP contribution in [0.3, 0.4) is 0 Å². The molecule has 0 amide bonds. The molecule has 106 valence electrons. The van der Waals surface area contributed by atoms with Crippen molar-refractivity contribution in [3.8, 4) is 0 Å². The zero-order valence-electron chi connectivity index (χ0n) is 12.3. The molecule has 0 saturated carbocycles. The Morgan fingerprint density at radius 2 is 1.89 bits per heavy atom. The number of aryl methyl sites for hydroxylation is 2. The molecule has 3 rings (SSSR count). The summed E-state index contributed by atoms with van der Waals surface area (Å²) >= 11 is 0. The Kier molecular flexibility index (Phi) is 3.65. The lowest BCUT2D eigenvalue weighted by Gasteiger charge is -2.44. The summed E-state index contributed by atoms with van der Waals surface area (Å²) in [6.45, 7) is 13.5. The lowest BCUT2D eigenvalue weighted by Crippen LogP contribution is -2.61. The molecule has 3 heterocycles. The van der Waals surface area contributed by atoms with Gasteiger partial charge in [0.2, 0.25) is 0 Å². The fourth-order valence-corrected chi connectivity index (χ4v) is 3.28. The van der Waals surface area contributed by atoms with Crippen LogP contribution in [-0.4, -0.2) is 55.1 Å². The van der Waals surface area contributed by atoms with E-state index < -0.39 is 0 Å². The second kappa shape index (κ2) is 5.27. The minimum absolute atomic E-state index is 0.471. The number of piperazine rings is 1. The molecule has 1 N–H and O–H groups in total. The van der Waals surface area contributed by atoms with Crippen LogP contribution >= 0.6 is 0 Å². The van der Waals surface area contributed by atoms with Crippen LogP contribution in [-0.2, 0) is 0 Å². The summed E-state index contributed by atoms with van der Waals surface area (Å²) < 4.78 is 5.67. The van der Waals surface area contributed by atoms with E-state index in [2.05, 4.69) is 35.0 Å². The number of furan rings is 1. The van der Waals surface area contributed by atoms with Crippen LogP contribution in [0.4, 0.5) is 0 Å². The topological polar surface area (TPSA) is 31.6 Å². The van der Waals surface area contributed by atoms with Crippen LogP contribution in [0.1, 0.15) is 30.0 Å². The summed E-state index contributed by atoms with van der Waals surface area (Å²) in [7, 11) is 0. The third-order valence-electron chi connectivity index (χ3n) is 4.70. The Morgan fingerprint density at radius 3 is 2.37 bits per heavy atom. The van der Waals surface area contributed by atoms with Gasteiger partial charge in [-0.15, -0.1) is 0 Å². The molecule has 4 nitrogen and oxygen atoms in total. The minimum Gasteiger partial charge on any atom is -0.466 e. The fraction of sp³-hybridized carbons (Fsp3) is 0.733. The Hall–Kier alpha value is -0.840. The first-order valence-corrected chi connectivity index (χ1v) is 7.41. The summed E-state index contributed by atoms with van der Waals surface area (Å²) in [5, 5.41) is 3.36. The van der Waals surface area contributed by atoms with Crippen LogP contribution < -0.4 is 5.32 Å². The molecular weight excluding hydrogens is 238 g/mol. The molecule has 1 atom stereocenters. The highest BCUT2D eigenvalue weighted by atomic mass is 16.3. The van der Waals surface area contributed by atoms with Gasteiger partial charge >= 0.3 is 0 Å². The second-order valence-electron chi connectivity index (χ2n) is 5.93. The molecule has 2 fully saturated rings. The van der Waals surface area contributed by atoms with E-state index in [1.807, 2.05) is 6.92 Å². The van der Waals surface area contributed by atoms with Gasteiger partial charge < -0.3 is 9.73 Å². The predicted molar refractivity (Wildman–Crippen MR) is 76.4 cm³/mol. The van der Waals surface area contributed by atoms with Crippen molar-refractivity contribution >= 4 is 0 Å². The van der Waals surface area contributed by atoms with Crippen LogP contribution in [0.5, 0.6) is 0 Å². The van der Waals surface area contributed by atoms with Gasteiger partial charge in [0.05, 0.1) is 0 Å². The molecule has 2 saturated heterocycles. The van der Waals surface area contributed by atoms with Gasteiger partial charge in [-0.05, 0) is 26.8 Å². The summed E-state index contributed by atoms with van der Waals surface area (Å²) in [5.41, 5.74) is 1.36. The maximum atomic E-state index is 5.67. The lowest BCUT2D eigenvalue weighted by molar-refractivity contribution is 0.0549. The lowest BCUT2D eigenvalue weighted by atomic mass is 10.1. The van der Waals surface area contributed by atoms with E-state index in [4.69, 9.17) is 4.42 Å². The van der Waals surface area contributed by atoms with E-state index in [1.54, 1.807) is 0 Å². The second-order valence-corrected chi connectivity index (χ2v) is 5.93. The van der Waals surface area contributed by atoms with Crippen LogP contribution in [0.2, 0.25) is 0 Å². The molecular formula is C15H25N3O. The van der Waals surface area contributed by atoms with E-state index in [1.165, 1.54) is 44.8 Å². The number of nitrogens with one attached hydrogen (secondary N) is 1. The van der Waals surface area contributed by atoms with Crippen molar-refractivity contribution in [1.29, 1.82) is 0 Å². The highest BCUT2D eigenvalue weighted by Crippen LogP contribution is 2.27. The molecule has 2 aliphatic rings. The van der Waals surface area contributed by atoms with Gasteiger partial charge in [-0.2, -0.15) is 0 Å². The van der Waals surface area contributed by atoms with Gasteiger partial charge in [-0.1, -0.05) is 0 Å². The van der Waals surface area contributed by atoms with Crippen molar-refractivity contribution in [2.75, 3.05) is 39.3 Å². The summed E-state index contributed by atoms with van der Waals surface area (Å²) in [5.74, 6) is 2.11. The van der Waals surface area contributed by atoms with E-state index in [9.17, 15) is 0 Å². The van der Waals surface area contributed by atoms with E-state index >= 15 is 0 Å². The van der Waals surface area contributed by atoms with Crippen molar-refractivity contribution in [1.82, 2.24) is 15.1 Å². The van der Waals surface area contributed by atoms with Crippen molar-refractivity contribution in [3.05, 3.63) is 23.2 Å². The SMILES string of the molecule is Cc1cc(C(C)N2CCN(C3CNC3)CC2)c(C)o1. The van der Waals surface area contributed by atoms with Crippen molar-refractivity contribution in [3.63, 3.8) is 0 Å². The Bertz CT molecular complexity index is 431. The highest BCUT2D eigenvalue weighted by molar-refractivity contribution is 5.23. The molecule has 0 aliphatic carbocycles. The average Bonchev–Trinajstić information content (AvgIpc) is 2.66. The third-order valence-corrected chi connectivity index (χ3v) is 4.70. The van der Waals surface area contributed by atoms with Gasteiger partial charge in [-0.3, -0.25) is 9.80 Å². The van der Waals surface area contributed by atoms with Crippen LogP contribution in [0.15, 0.2) is 10.5 Å². The minimum atomic E-state index is 0.471. The monoisotopic (exact) mass is 263 g/mol. The summed E-state index contributed by atoms with van der Waals surface area (Å²) in [6, 6.07) is 3.46. The zero-order chi connectivity index (χ0) is 13.4. The van der Waals surface area contributed by atoms with Gasteiger partial charge in [0.15, 0.2) is 0 Å². The van der Waals surface area contributed by atoms with Crippen molar-refractivity contribution in [2.45, 2.75) is 32.9 Å². The standard InChI is InChI=1S/C15H25N3O/c1-11-8-15(13(3)19-11)12(2)17-4-6-18(7-5-17)14-9-16-10-14/h8,12,14,16H,4-7,9-10H2,1-3H3. The van der Waals surface area contributed by atoms with Gasteiger partial charge in [-0.25, -0.2) is 0 Å². The number of hydrogen-bond acceptors (Lipinski definition) is 4. The first kappa shape index (κ1) is 13.2. The number of nitrogens with zero attached hydrogens (tertiary/aromatic N) is 2. The molecule has 19 heavy (non-hydrogen) atoms. The molecule has 1 aromatic heterocycles. The van der Waals surface area contributed by atoms with E-state index in [-0.39, 0.29) is 0 Å². The molecule has 0 spiro atoms. The Balaban J connectivity index is 1.59.